The van der Waals surface area contributed by atoms with Gasteiger partial charge < -0.3 is 9.84 Å². The highest BCUT2D eigenvalue weighted by atomic mass is 16.5. The monoisotopic (exact) mass is 200 g/mol. The molecular weight excluding hydrogens is 176 g/mol. The smallest absolute Gasteiger partial charge is 0.0724 e. The summed E-state index contributed by atoms with van der Waals surface area (Å²) in [4.78, 5) is 0. The zero-order valence-corrected chi connectivity index (χ0v) is 9.97. The number of rotatable bonds is 3. The van der Waals surface area contributed by atoms with Gasteiger partial charge in [-0.3, -0.25) is 0 Å². The maximum absolute atomic E-state index is 10.6. The number of aliphatic hydroxyl groups is 1. The summed E-state index contributed by atoms with van der Waals surface area (Å²) < 4.78 is 5.64. The highest BCUT2D eigenvalue weighted by Crippen LogP contribution is 2.39. The molecule has 0 spiro atoms. The molecule has 0 amide bonds. The van der Waals surface area contributed by atoms with Crippen LogP contribution in [0.3, 0.4) is 0 Å². The summed E-state index contributed by atoms with van der Waals surface area (Å²) in [5.74, 6) is 0.422. The Morgan fingerprint density at radius 3 is 2.29 bits per heavy atom. The van der Waals surface area contributed by atoms with Crippen LogP contribution < -0.4 is 0 Å². The van der Waals surface area contributed by atoms with Crippen molar-refractivity contribution in [3.63, 3.8) is 0 Å². The van der Waals surface area contributed by atoms with Crippen LogP contribution in [0.4, 0.5) is 0 Å². The minimum atomic E-state index is -0.495. The van der Waals surface area contributed by atoms with E-state index < -0.39 is 5.60 Å². The largest absolute Gasteiger partial charge is 0.389 e. The summed E-state index contributed by atoms with van der Waals surface area (Å²) in [6.45, 7) is 9.15. The standard InChI is InChI=1S/C12H24O2/c1-5-10(6-2)12(13)7-8-14-11(3,4)9-12/h10,13H,5-9H2,1-4H3. The molecule has 1 rings (SSSR count). The molecule has 0 aromatic heterocycles. The average Bonchev–Trinajstić information content (AvgIpc) is 2.03. The van der Waals surface area contributed by atoms with Gasteiger partial charge in [0.25, 0.3) is 0 Å². The molecule has 0 aromatic carbocycles. The summed E-state index contributed by atoms with van der Waals surface area (Å²) in [5, 5.41) is 10.6. The number of hydrogen-bond acceptors (Lipinski definition) is 2. The van der Waals surface area contributed by atoms with Gasteiger partial charge in [-0.2, -0.15) is 0 Å². The van der Waals surface area contributed by atoms with E-state index in [0.717, 1.165) is 25.7 Å². The van der Waals surface area contributed by atoms with Gasteiger partial charge in [0, 0.05) is 6.42 Å². The van der Waals surface area contributed by atoms with E-state index in [9.17, 15) is 5.11 Å². The second-order valence-electron chi connectivity index (χ2n) is 5.15. The van der Waals surface area contributed by atoms with Gasteiger partial charge in [-0.15, -0.1) is 0 Å². The highest BCUT2D eigenvalue weighted by Gasteiger charge is 2.43. The molecule has 1 fully saturated rings. The van der Waals surface area contributed by atoms with Crippen molar-refractivity contribution in [3.8, 4) is 0 Å². The SMILES string of the molecule is CCC(CC)C1(O)CCOC(C)(C)C1. The normalized spacial score (nSPS) is 32.1. The van der Waals surface area contributed by atoms with E-state index in [2.05, 4.69) is 27.7 Å². The van der Waals surface area contributed by atoms with Crippen molar-refractivity contribution < 1.29 is 9.84 Å². The maximum atomic E-state index is 10.6. The van der Waals surface area contributed by atoms with Crippen LogP contribution in [0.25, 0.3) is 0 Å². The Labute approximate surface area is 87.7 Å². The molecule has 1 saturated heterocycles. The van der Waals surface area contributed by atoms with Crippen LogP contribution in [0.2, 0.25) is 0 Å². The van der Waals surface area contributed by atoms with E-state index in [0.29, 0.717) is 12.5 Å². The number of ether oxygens (including phenoxy) is 1. The van der Waals surface area contributed by atoms with Gasteiger partial charge in [0.05, 0.1) is 17.8 Å². The minimum absolute atomic E-state index is 0.157. The van der Waals surface area contributed by atoms with E-state index in [1.165, 1.54) is 0 Å². The predicted octanol–water partition coefficient (Wildman–Crippen LogP) is 2.74. The first kappa shape index (κ1) is 12.0. The molecule has 0 radical (unpaired) electrons. The fourth-order valence-electron chi connectivity index (χ4n) is 2.78. The molecular formula is C12H24O2. The van der Waals surface area contributed by atoms with E-state index in [1.54, 1.807) is 0 Å². The molecule has 2 heteroatoms. The van der Waals surface area contributed by atoms with Crippen LogP contribution in [0.1, 0.15) is 53.4 Å². The third kappa shape index (κ3) is 2.48. The molecule has 84 valence electrons. The second-order valence-corrected chi connectivity index (χ2v) is 5.15. The van der Waals surface area contributed by atoms with Gasteiger partial charge in [0.1, 0.15) is 0 Å². The van der Waals surface area contributed by atoms with Crippen molar-refractivity contribution in [2.24, 2.45) is 5.92 Å². The summed E-state index contributed by atoms with van der Waals surface area (Å²) in [6.07, 6.45) is 3.68. The van der Waals surface area contributed by atoms with E-state index in [4.69, 9.17) is 4.74 Å². The summed E-state index contributed by atoms with van der Waals surface area (Å²) in [5.41, 5.74) is -0.652. The van der Waals surface area contributed by atoms with E-state index in [1.807, 2.05) is 0 Å². The van der Waals surface area contributed by atoms with Crippen LogP contribution in [0.5, 0.6) is 0 Å². The Kier molecular flexibility index (Phi) is 3.59. The Hall–Kier alpha value is -0.0800. The second kappa shape index (κ2) is 4.19. The van der Waals surface area contributed by atoms with E-state index in [-0.39, 0.29) is 5.60 Å². The Morgan fingerprint density at radius 1 is 1.29 bits per heavy atom. The first-order chi connectivity index (χ1) is 6.43. The van der Waals surface area contributed by atoms with Crippen molar-refractivity contribution in [1.29, 1.82) is 0 Å². The summed E-state index contributed by atoms with van der Waals surface area (Å²) >= 11 is 0. The lowest BCUT2D eigenvalue weighted by molar-refractivity contribution is -0.166. The van der Waals surface area contributed by atoms with Gasteiger partial charge in [-0.1, -0.05) is 26.7 Å². The first-order valence-corrected chi connectivity index (χ1v) is 5.80. The topological polar surface area (TPSA) is 29.5 Å². The molecule has 0 aromatic rings. The zero-order valence-electron chi connectivity index (χ0n) is 9.97. The molecule has 1 atom stereocenters. The van der Waals surface area contributed by atoms with Crippen molar-refractivity contribution in [1.82, 2.24) is 0 Å². The first-order valence-electron chi connectivity index (χ1n) is 5.80. The Morgan fingerprint density at radius 2 is 1.86 bits per heavy atom. The molecule has 1 aliphatic rings. The zero-order chi connectivity index (χ0) is 10.8. The average molecular weight is 200 g/mol. The summed E-state index contributed by atoms with van der Waals surface area (Å²) in [7, 11) is 0. The Bertz CT molecular complexity index is 185. The minimum Gasteiger partial charge on any atom is -0.389 e. The molecule has 1 unspecified atom stereocenters. The van der Waals surface area contributed by atoms with Gasteiger partial charge >= 0.3 is 0 Å². The van der Waals surface area contributed by atoms with Gasteiger partial charge in [-0.05, 0) is 26.2 Å². The van der Waals surface area contributed by atoms with Gasteiger partial charge in [0.2, 0.25) is 0 Å². The van der Waals surface area contributed by atoms with Crippen LogP contribution in [-0.4, -0.2) is 22.9 Å². The van der Waals surface area contributed by atoms with Crippen LogP contribution in [-0.2, 0) is 4.74 Å². The van der Waals surface area contributed by atoms with Gasteiger partial charge in [0.15, 0.2) is 0 Å². The third-order valence-corrected chi connectivity index (χ3v) is 3.51. The molecule has 0 aliphatic carbocycles. The molecule has 1 heterocycles. The lowest BCUT2D eigenvalue weighted by Gasteiger charge is -2.45. The van der Waals surface area contributed by atoms with Gasteiger partial charge in [-0.25, -0.2) is 0 Å². The van der Waals surface area contributed by atoms with E-state index >= 15 is 0 Å². The fraction of sp³-hybridized carbons (Fsp3) is 1.00. The van der Waals surface area contributed by atoms with Crippen molar-refractivity contribution >= 4 is 0 Å². The van der Waals surface area contributed by atoms with Crippen LogP contribution >= 0.6 is 0 Å². The third-order valence-electron chi connectivity index (χ3n) is 3.51. The number of hydrogen-bond donors (Lipinski definition) is 1. The molecule has 1 N–H and O–H groups in total. The van der Waals surface area contributed by atoms with Crippen molar-refractivity contribution in [2.75, 3.05) is 6.61 Å². The molecule has 0 saturated carbocycles. The molecule has 0 bridgehead atoms. The van der Waals surface area contributed by atoms with Crippen molar-refractivity contribution in [2.45, 2.75) is 64.6 Å². The summed E-state index contributed by atoms with van der Waals surface area (Å²) in [6, 6.07) is 0. The quantitative estimate of drug-likeness (QED) is 0.759. The van der Waals surface area contributed by atoms with Crippen LogP contribution in [0, 0.1) is 5.92 Å². The van der Waals surface area contributed by atoms with Crippen LogP contribution in [0.15, 0.2) is 0 Å². The van der Waals surface area contributed by atoms with Crippen molar-refractivity contribution in [3.05, 3.63) is 0 Å². The Balaban J connectivity index is 2.72. The molecule has 1 aliphatic heterocycles. The molecule has 2 nitrogen and oxygen atoms in total. The predicted molar refractivity (Wildman–Crippen MR) is 58.3 cm³/mol. The lowest BCUT2D eigenvalue weighted by atomic mass is 9.73. The molecule has 14 heavy (non-hydrogen) atoms. The lowest BCUT2D eigenvalue weighted by Crippen LogP contribution is -2.50. The highest BCUT2D eigenvalue weighted by molar-refractivity contribution is 4.94. The maximum Gasteiger partial charge on any atom is 0.0724 e. The fourth-order valence-corrected chi connectivity index (χ4v) is 2.78.